The van der Waals surface area contributed by atoms with Gasteiger partial charge in [-0.15, -0.1) is 0 Å². The maximum Gasteiger partial charge on any atom is 0.0630 e. The van der Waals surface area contributed by atoms with Gasteiger partial charge in [0.25, 0.3) is 0 Å². The first-order valence-corrected chi connectivity index (χ1v) is 6.44. The second-order valence-electron chi connectivity index (χ2n) is 3.74. The number of hydrogen-bond acceptors (Lipinski definition) is 1. The first-order valence-electron chi connectivity index (χ1n) is 4.20. The van der Waals surface area contributed by atoms with Crippen molar-refractivity contribution in [3.63, 3.8) is 0 Å². The van der Waals surface area contributed by atoms with Crippen LogP contribution in [0.4, 0.5) is 0 Å². The molecule has 0 aliphatic rings. The van der Waals surface area contributed by atoms with Gasteiger partial charge in [-0.05, 0) is 17.9 Å². The molecule has 4 heteroatoms. The van der Waals surface area contributed by atoms with Gasteiger partial charge in [0, 0.05) is 23.9 Å². The lowest BCUT2D eigenvalue weighted by Gasteiger charge is -2.23. The van der Waals surface area contributed by atoms with E-state index < -0.39 is 0 Å². The van der Waals surface area contributed by atoms with Crippen molar-refractivity contribution in [3.05, 3.63) is 18.0 Å². The molecule has 1 rings (SSSR count). The Morgan fingerprint density at radius 3 is 2.46 bits per heavy atom. The third-order valence-corrected chi connectivity index (χ3v) is 4.73. The molecule has 0 bridgehead atoms. The Hall–Kier alpha value is 0.170. The minimum atomic E-state index is 0.258. The fourth-order valence-corrected chi connectivity index (χ4v) is 2.45. The van der Waals surface area contributed by atoms with E-state index in [4.69, 9.17) is 0 Å². The van der Waals surface area contributed by atoms with Crippen molar-refractivity contribution in [2.75, 3.05) is 10.7 Å². The third kappa shape index (κ3) is 3.09. The maximum atomic E-state index is 4.37. The van der Waals surface area contributed by atoms with E-state index in [1.54, 1.807) is 0 Å². The van der Waals surface area contributed by atoms with Crippen LogP contribution in [0.1, 0.15) is 12.6 Å². The quantitative estimate of drug-likeness (QED) is 0.782. The Morgan fingerprint density at radius 1 is 1.46 bits per heavy atom. The topological polar surface area (TPSA) is 17.8 Å². The average molecular weight is 310 g/mol. The van der Waals surface area contributed by atoms with Gasteiger partial charge in [0.2, 0.25) is 0 Å². The first-order chi connectivity index (χ1) is 6.09. The van der Waals surface area contributed by atoms with Gasteiger partial charge in [0.05, 0.1) is 5.69 Å². The monoisotopic (exact) mass is 308 g/mol. The van der Waals surface area contributed by atoms with E-state index in [-0.39, 0.29) is 5.41 Å². The zero-order valence-electron chi connectivity index (χ0n) is 7.93. The van der Waals surface area contributed by atoms with Gasteiger partial charge in [-0.1, -0.05) is 38.8 Å². The summed E-state index contributed by atoms with van der Waals surface area (Å²) in [6, 6.07) is 2.07. The Kier molecular flexibility index (Phi) is 3.98. The van der Waals surface area contributed by atoms with Crippen molar-refractivity contribution in [2.24, 2.45) is 12.5 Å². The smallest absolute Gasteiger partial charge is 0.0630 e. The summed E-state index contributed by atoms with van der Waals surface area (Å²) in [5.41, 5.74) is 1.41. The van der Waals surface area contributed by atoms with Crippen LogP contribution in [0.15, 0.2) is 12.3 Å². The summed E-state index contributed by atoms with van der Waals surface area (Å²) in [6.45, 7) is 2.24. The van der Waals surface area contributed by atoms with Crippen molar-refractivity contribution in [1.29, 1.82) is 0 Å². The van der Waals surface area contributed by atoms with Crippen LogP contribution < -0.4 is 0 Å². The van der Waals surface area contributed by atoms with E-state index >= 15 is 0 Å². The summed E-state index contributed by atoms with van der Waals surface area (Å²) in [7, 11) is 1.95. The lowest BCUT2D eigenvalue weighted by Crippen LogP contribution is -2.23. The van der Waals surface area contributed by atoms with Gasteiger partial charge in [0.1, 0.15) is 0 Å². The van der Waals surface area contributed by atoms with Gasteiger partial charge in [-0.25, -0.2) is 0 Å². The molecule has 13 heavy (non-hydrogen) atoms. The number of aryl methyl sites for hydroxylation is 1. The summed E-state index contributed by atoms with van der Waals surface area (Å²) < 4.78 is 1.85. The molecule has 1 aromatic rings. The van der Waals surface area contributed by atoms with E-state index in [9.17, 15) is 0 Å². The zero-order valence-corrected chi connectivity index (χ0v) is 11.1. The van der Waals surface area contributed by atoms with Crippen LogP contribution in [0.5, 0.6) is 0 Å². The largest absolute Gasteiger partial charge is 0.276 e. The fraction of sp³-hybridized carbons (Fsp3) is 0.667. The van der Waals surface area contributed by atoms with E-state index in [2.05, 4.69) is 49.9 Å². The van der Waals surface area contributed by atoms with Gasteiger partial charge in [-0.2, -0.15) is 5.10 Å². The fourth-order valence-electron chi connectivity index (χ4n) is 1.12. The minimum absolute atomic E-state index is 0.258. The van der Waals surface area contributed by atoms with Crippen LogP contribution in [-0.2, 0) is 13.5 Å². The predicted molar refractivity (Wildman–Crippen MR) is 62.6 cm³/mol. The van der Waals surface area contributed by atoms with E-state index in [1.165, 1.54) is 0 Å². The number of nitrogens with zero attached hydrogens (tertiary/aromatic N) is 2. The summed E-state index contributed by atoms with van der Waals surface area (Å²) in [5, 5.41) is 6.34. The second-order valence-corrected chi connectivity index (χ2v) is 4.86. The molecule has 0 N–H and O–H groups in total. The van der Waals surface area contributed by atoms with Crippen molar-refractivity contribution in [3.8, 4) is 0 Å². The summed E-state index contributed by atoms with van der Waals surface area (Å²) >= 11 is 7.06. The van der Waals surface area contributed by atoms with Crippen LogP contribution in [0.25, 0.3) is 0 Å². The molecule has 0 aliphatic carbocycles. The summed E-state index contributed by atoms with van der Waals surface area (Å²) in [5.74, 6) is 0. The lowest BCUT2D eigenvalue weighted by molar-refractivity contribution is 0.431. The lowest BCUT2D eigenvalue weighted by atomic mass is 9.90. The molecular formula is C9H14Br2N2. The minimum Gasteiger partial charge on any atom is -0.276 e. The molecule has 0 radical (unpaired) electrons. The number of alkyl halides is 2. The highest BCUT2D eigenvalue weighted by atomic mass is 79.9. The van der Waals surface area contributed by atoms with Crippen molar-refractivity contribution >= 4 is 31.9 Å². The van der Waals surface area contributed by atoms with Crippen LogP contribution in [-0.4, -0.2) is 20.4 Å². The molecule has 0 aliphatic heterocycles. The molecule has 0 saturated carbocycles. The van der Waals surface area contributed by atoms with E-state index in [1.807, 2.05) is 17.9 Å². The number of aromatic nitrogens is 2. The zero-order chi connectivity index (χ0) is 9.90. The molecule has 0 spiro atoms. The predicted octanol–water partition coefficient (Wildman–Crippen LogP) is 2.76. The normalized spacial score (nSPS) is 12.0. The first kappa shape index (κ1) is 11.2. The molecule has 74 valence electrons. The van der Waals surface area contributed by atoms with Crippen LogP contribution in [0, 0.1) is 5.41 Å². The van der Waals surface area contributed by atoms with Gasteiger partial charge in [0.15, 0.2) is 0 Å². The van der Waals surface area contributed by atoms with Gasteiger partial charge in [-0.3, -0.25) is 4.68 Å². The van der Waals surface area contributed by atoms with Gasteiger partial charge < -0.3 is 0 Å². The molecule has 1 aromatic heterocycles. The highest BCUT2D eigenvalue weighted by Gasteiger charge is 2.22. The van der Waals surface area contributed by atoms with Crippen LogP contribution in [0.2, 0.25) is 0 Å². The summed E-state index contributed by atoms with van der Waals surface area (Å²) in [6.07, 6.45) is 2.99. The molecule has 0 saturated heterocycles. The molecule has 0 atom stereocenters. The molecule has 0 unspecified atom stereocenters. The molecule has 0 aromatic carbocycles. The number of hydrogen-bond donors (Lipinski definition) is 0. The second kappa shape index (κ2) is 4.60. The molecule has 1 heterocycles. The van der Waals surface area contributed by atoms with E-state index in [0.29, 0.717) is 0 Å². The Bertz CT molecular complexity index is 266. The average Bonchev–Trinajstić information content (AvgIpc) is 2.51. The van der Waals surface area contributed by atoms with Crippen molar-refractivity contribution in [1.82, 2.24) is 9.78 Å². The standard InChI is InChI=1S/C9H14Br2N2/c1-9(6-10,7-11)5-8-3-4-13(2)12-8/h3-4H,5-7H2,1-2H3. The van der Waals surface area contributed by atoms with Crippen molar-refractivity contribution in [2.45, 2.75) is 13.3 Å². The Morgan fingerprint density at radius 2 is 2.08 bits per heavy atom. The highest BCUT2D eigenvalue weighted by Crippen LogP contribution is 2.26. The van der Waals surface area contributed by atoms with E-state index in [0.717, 1.165) is 22.8 Å². The Labute approximate surface area is 96.0 Å². The molecule has 0 fully saturated rings. The third-order valence-electron chi connectivity index (χ3n) is 2.02. The van der Waals surface area contributed by atoms with Crippen molar-refractivity contribution < 1.29 is 0 Å². The Balaban J connectivity index is 2.67. The molecule has 2 nitrogen and oxygen atoms in total. The van der Waals surface area contributed by atoms with Crippen LogP contribution in [0.3, 0.4) is 0 Å². The molecular weight excluding hydrogens is 296 g/mol. The van der Waals surface area contributed by atoms with Gasteiger partial charge >= 0.3 is 0 Å². The SMILES string of the molecule is Cn1ccc(CC(C)(CBr)CBr)n1. The molecule has 0 amide bonds. The van der Waals surface area contributed by atoms with Crippen LogP contribution >= 0.6 is 31.9 Å². The maximum absolute atomic E-state index is 4.37. The highest BCUT2D eigenvalue weighted by molar-refractivity contribution is 9.09. The number of rotatable bonds is 4. The summed E-state index contributed by atoms with van der Waals surface area (Å²) in [4.78, 5) is 0. The number of halogens is 2.